The van der Waals surface area contributed by atoms with Crippen molar-refractivity contribution in [2.75, 3.05) is 6.61 Å². The van der Waals surface area contributed by atoms with Crippen molar-refractivity contribution < 1.29 is 31.8 Å². The van der Waals surface area contributed by atoms with E-state index < -0.39 is 30.4 Å². The van der Waals surface area contributed by atoms with Crippen molar-refractivity contribution in [3.05, 3.63) is 29.8 Å². The monoisotopic (exact) mass is 293 g/mol. The Kier molecular flexibility index (Phi) is 4.01. The quantitative estimate of drug-likeness (QED) is 0.868. The van der Waals surface area contributed by atoms with Gasteiger partial charge in [-0.3, -0.25) is 0 Å². The molecule has 0 aliphatic carbocycles. The van der Waals surface area contributed by atoms with Gasteiger partial charge in [0.1, 0.15) is 5.75 Å². The molecule has 1 fully saturated rings. The molecule has 0 aromatic heterocycles. The van der Waals surface area contributed by atoms with Crippen molar-refractivity contribution in [3.63, 3.8) is 0 Å². The summed E-state index contributed by atoms with van der Waals surface area (Å²) >= 11 is 0. The number of cyclic esters (lactones) is 1. The van der Waals surface area contributed by atoms with Crippen LogP contribution in [-0.4, -0.2) is 25.2 Å². The molecule has 1 atom stereocenters. The maximum Gasteiger partial charge on any atom is 0.461 e. The van der Waals surface area contributed by atoms with E-state index >= 15 is 0 Å². The topological polar surface area (TPSA) is 47.6 Å². The van der Waals surface area contributed by atoms with Gasteiger partial charge in [-0.05, 0) is 17.7 Å². The molecule has 1 aliphatic rings. The highest BCUT2D eigenvalue weighted by Crippen LogP contribution is 2.30. The van der Waals surface area contributed by atoms with Gasteiger partial charge in [0, 0.05) is 6.42 Å². The molecule has 0 saturated carbocycles. The molecule has 4 nitrogen and oxygen atoms in total. The number of carbonyl (C=O) groups is 1. The SMILES string of the molecule is O=C1N[C@H](c2cccc(OC(F)(F)C(F)F)c2)CCO1. The third-order valence-electron chi connectivity index (χ3n) is 2.70. The summed E-state index contributed by atoms with van der Waals surface area (Å²) < 4.78 is 58.4. The van der Waals surface area contributed by atoms with Gasteiger partial charge in [0.05, 0.1) is 12.6 Å². The predicted octanol–water partition coefficient (Wildman–Crippen LogP) is 3.09. The Hall–Kier alpha value is -1.99. The fraction of sp³-hybridized carbons (Fsp3) is 0.417. The van der Waals surface area contributed by atoms with Crippen LogP contribution in [0.15, 0.2) is 24.3 Å². The first-order valence-electron chi connectivity index (χ1n) is 5.77. The molecule has 1 saturated heterocycles. The molecule has 1 heterocycles. The van der Waals surface area contributed by atoms with Crippen LogP contribution in [0.5, 0.6) is 5.75 Å². The van der Waals surface area contributed by atoms with Gasteiger partial charge >= 0.3 is 18.6 Å². The summed E-state index contributed by atoms with van der Waals surface area (Å²) in [6.07, 6.45) is -8.66. The lowest BCUT2D eigenvalue weighted by molar-refractivity contribution is -0.253. The zero-order valence-corrected chi connectivity index (χ0v) is 10.1. The lowest BCUT2D eigenvalue weighted by Gasteiger charge is -2.24. The van der Waals surface area contributed by atoms with Crippen LogP contribution >= 0.6 is 0 Å². The molecule has 0 radical (unpaired) electrons. The summed E-state index contributed by atoms with van der Waals surface area (Å²) in [5.74, 6) is -0.395. The molecule has 0 bridgehead atoms. The second-order valence-corrected chi connectivity index (χ2v) is 4.16. The molecule has 0 unspecified atom stereocenters. The lowest BCUT2D eigenvalue weighted by atomic mass is 10.0. The van der Waals surface area contributed by atoms with E-state index in [9.17, 15) is 22.4 Å². The van der Waals surface area contributed by atoms with Gasteiger partial charge in [-0.15, -0.1) is 0 Å². The first-order chi connectivity index (χ1) is 9.38. The Morgan fingerprint density at radius 2 is 2.15 bits per heavy atom. The summed E-state index contributed by atoms with van der Waals surface area (Å²) in [5.41, 5.74) is 0.476. The van der Waals surface area contributed by atoms with Crippen LogP contribution < -0.4 is 10.1 Å². The number of hydrogen-bond donors (Lipinski definition) is 1. The Morgan fingerprint density at radius 3 is 2.80 bits per heavy atom. The van der Waals surface area contributed by atoms with E-state index in [1.807, 2.05) is 0 Å². The number of amides is 1. The lowest BCUT2D eigenvalue weighted by Crippen LogP contribution is -2.35. The van der Waals surface area contributed by atoms with Gasteiger partial charge < -0.3 is 14.8 Å². The number of nitrogens with one attached hydrogen (secondary N) is 1. The van der Waals surface area contributed by atoms with Gasteiger partial charge in [-0.25, -0.2) is 4.79 Å². The van der Waals surface area contributed by atoms with Gasteiger partial charge in [-0.2, -0.15) is 17.6 Å². The molecule has 1 amide bonds. The van der Waals surface area contributed by atoms with Gasteiger partial charge in [0.2, 0.25) is 0 Å². The zero-order chi connectivity index (χ0) is 14.8. The zero-order valence-electron chi connectivity index (χ0n) is 10.1. The molecule has 1 aliphatic heterocycles. The minimum atomic E-state index is -4.56. The normalized spacial score (nSPS) is 19.4. The van der Waals surface area contributed by atoms with E-state index in [4.69, 9.17) is 0 Å². The summed E-state index contributed by atoms with van der Waals surface area (Å²) in [6.45, 7) is 0.189. The van der Waals surface area contributed by atoms with Crippen LogP contribution in [0.25, 0.3) is 0 Å². The van der Waals surface area contributed by atoms with Crippen LogP contribution in [0, 0.1) is 0 Å². The highest BCUT2D eigenvalue weighted by atomic mass is 19.3. The third-order valence-corrected chi connectivity index (χ3v) is 2.70. The van der Waals surface area contributed by atoms with Crippen molar-refractivity contribution >= 4 is 6.09 Å². The number of alkyl halides is 4. The number of hydrogen-bond acceptors (Lipinski definition) is 3. The van der Waals surface area contributed by atoms with E-state index in [2.05, 4.69) is 14.8 Å². The molecule has 1 N–H and O–H groups in total. The molecule has 1 aromatic rings. The van der Waals surface area contributed by atoms with Crippen molar-refractivity contribution in [1.29, 1.82) is 0 Å². The Bertz CT molecular complexity index is 495. The molecule has 2 rings (SSSR count). The largest absolute Gasteiger partial charge is 0.461 e. The minimum Gasteiger partial charge on any atom is -0.449 e. The predicted molar refractivity (Wildman–Crippen MR) is 59.9 cm³/mol. The number of alkyl carbamates (subject to hydrolysis) is 1. The van der Waals surface area contributed by atoms with E-state index in [0.29, 0.717) is 12.0 Å². The van der Waals surface area contributed by atoms with Crippen LogP contribution in [0.3, 0.4) is 0 Å². The summed E-state index contributed by atoms with van der Waals surface area (Å²) in [6, 6.07) is 4.85. The van der Waals surface area contributed by atoms with Crippen LogP contribution in [-0.2, 0) is 4.74 Å². The standard InChI is InChI=1S/C12H11F4NO3/c13-10(14)12(15,16)20-8-3-1-2-7(6-8)9-4-5-19-11(18)17-9/h1-3,6,9-10H,4-5H2,(H,17,18)/t9-/m0/s1. The molecule has 0 spiro atoms. The first-order valence-corrected chi connectivity index (χ1v) is 5.77. The molecular formula is C12H11F4NO3. The van der Waals surface area contributed by atoms with Crippen LogP contribution in [0.4, 0.5) is 22.4 Å². The van der Waals surface area contributed by atoms with Gasteiger partial charge in [0.25, 0.3) is 0 Å². The highest BCUT2D eigenvalue weighted by molar-refractivity contribution is 5.68. The van der Waals surface area contributed by atoms with Crippen LogP contribution in [0.2, 0.25) is 0 Å². The third kappa shape index (κ3) is 3.31. The number of carbonyl (C=O) groups excluding carboxylic acids is 1. The van der Waals surface area contributed by atoms with E-state index in [-0.39, 0.29) is 6.61 Å². The second-order valence-electron chi connectivity index (χ2n) is 4.16. The number of ether oxygens (including phenoxy) is 2. The molecule has 1 aromatic carbocycles. The smallest absolute Gasteiger partial charge is 0.449 e. The fourth-order valence-corrected chi connectivity index (χ4v) is 1.77. The Balaban J connectivity index is 2.13. The Morgan fingerprint density at radius 1 is 1.40 bits per heavy atom. The number of halogens is 4. The van der Waals surface area contributed by atoms with E-state index in [0.717, 1.165) is 6.07 Å². The summed E-state index contributed by atoms with van der Waals surface area (Å²) in [5, 5.41) is 2.49. The summed E-state index contributed by atoms with van der Waals surface area (Å²) in [7, 11) is 0. The second kappa shape index (κ2) is 5.56. The van der Waals surface area contributed by atoms with E-state index in [1.165, 1.54) is 12.1 Å². The average molecular weight is 293 g/mol. The maximum absolute atomic E-state index is 12.8. The van der Waals surface area contributed by atoms with Crippen LogP contribution in [0.1, 0.15) is 18.0 Å². The number of rotatable bonds is 4. The highest BCUT2D eigenvalue weighted by Gasteiger charge is 2.44. The molecule has 20 heavy (non-hydrogen) atoms. The average Bonchev–Trinajstić information content (AvgIpc) is 2.38. The maximum atomic E-state index is 12.8. The molecule has 110 valence electrons. The minimum absolute atomic E-state index is 0.189. The van der Waals surface area contributed by atoms with E-state index in [1.54, 1.807) is 6.07 Å². The van der Waals surface area contributed by atoms with Crippen molar-refractivity contribution in [2.24, 2.45) is 0 Å². The molecule has 8 heteroatoms. The first kappa shape index (κ1) is 14.4. The van der Waals surface area contributed by atoms with Crippen molar-refractivity contribution in [3.8, 4) is 5.75 Å². The Labute approximate surface area is 111 Å². The fourth-order valence-electron chi connectivity index (χ4n) is 1.77. The summed E-state index contributed by atoms with van der Waals surface area (Å²) in [4.78, 5) is 11.1. The van der Waals surface area contributed by atoms with Gasteiger partial charge in [0.15, 0.2) is 0 Å². The molecular weight excluding hydrogens is 282 g/mol. The van der Waals surface area contributed by atoms with Gasteiger partial charge in [-0.1, -0.05) is 12.1 Å². The van der Waals surface area contributed by atoms with Crippen molar-refractivity contribution in [2.45, 2.75) is 25.0 Å². The number of benzene rings is 1. The van der Waals surface area contributed by atoms with Crippen molar-refractivity contribution in [1.82, 2.24) is 5.32 Å².